The fourth-order valence-electron chi connectivity index (χ4n) is 5.80. The number of carbonyl (C=O) groups is 4. The number of anilines is 2. The quantitative estimate of drug-likeness (QED) is 0.0961. The van der Waals surface area contributed by atoms with Crippen molar-refractivity contribution in [2.75, 3.05) is 22.9 Å². The highest BCUT2D eigenvalue weighted by Gasteiger charge is 2.42. The second kappa shape index (κ2) is 17.5. The summed E-state index contributed by atoms with van der Waals surface area (Å²) in [5, 5.41) is 26.0. The Labute approximate surface area is 330 Å². The van der Waals surface area contributed by atoms with Gasteiger partial charge in [-0.2, -0.15) is 10.5 Å². The van der Waals surface area contributed by atoms with E-state index in [2.05, 4.69) is 10.6 Å². The molecule has 4 aromatic rings. The SMILES string of the molecule is N#C/C(C(=O)NCCNC(=O)/C(C#N)=C1\SC(Cc2ccc(Cl)cc2)C(=O)N1c1ccccc1)=C1/SC(Cc2ccc(Cl)cc2)C(=O)N1c1ccccc1. The van der Waals surface area contributed by atoms with Crippen molar-refractivity contribution in [1.29, 1.82) is 10.5 Å². The van der Waals surface area contributed by atoms with Crippen molar-refractivity contribution in [3.05, 3.63) is 152 Å². The van der Waals surface area contributed by atoms with Crippen molar-refractivity contribution in [3.63, 3.8) is 0 Å². The Morgan fingerprint density at radius 1 is 0.593 bits per heavy atom. The molecule has 4 amide bonds. The number of rotatable bonds is 11. The maximum Gasteiger partial charge on any atom is 0.264 e. The summed E-state index contributed by atoms with van der Waals surface area (Å²) >= 11 is 14.4. The summed E-state index contributed by atoms with van der Waals surface area (Å²) in [7, 11) is 0. The summed E-state index contributed by atoms with van der Waals surface area (Å²) in [5.74, 6) is -2.01. The third kappa shape index (κ3) is 8.65. The molecule has 2 aliphatic heterocycles. The lowest BCUT2D eigenvalue weighted by Gasteiger charge is -2.19. The number of amides is 4. The number of thioether (sulfide) groups is 2. The average Bonchev–Trinajstić information content (AvgIpc) is 3.67. The van der Waals surface area contributed by atoms with E-state index in [9.17, 15) is 29.7 Å². The van der Waals surface area contributed by atoms with Crippen LogP contribution in [0.2, 0.25) is 10.0 Å². The molecule has 0 bridgehead atoms. The standard InChI is InChI=1S/C40H30Cl2N6O4S2/c41-27-15-11-25(12-16-27)21-33-37(51)47(29-7-3-1-4-8-29)39(53-33)31(23-43)35(49)45-19-20-46-36(50)32(24-44)40-48(30-9-5-2-6-10-30)38(52)34(54-40)22-26-13-17-28(42)18-14-26/h1-18,33-34H,19-22H2,(H,45,49)(H,46,50)/b39-31-,40-32-. The van der Waals surface area contributed by atoms with Crippen LogP contribution in [0.1, 0.15) is 11.1 Å². The molecule has 4 aromatic carbocycles. The van der Waals surface area contributed by atoms with E-state index in [-0.39, 0.29) is 46.1 Å². The van der Waals surface area contributed by atoms with Gasteiger partial charge in [0.1, 0.15) is 33.3 Å². The third-order valence-electron chi connectivity index (χ3n) is 8.40. The monoisotopic (exact) mass is 792 g/mol. The molecule has 0 aliphatic carbocycles. The number of halogens is 2. The highest BCUT2D eigenvalue weighted by Crippen LogP contribution is 2.43. The lowest BCUT2D eigenvalue weighted by atomic mass is 10.1. The normalized spacial score (nSPS) is 18.5. The molecule has 6 rings (SSSR count). The van der Waals surface area contributed by atoms with Gasteiger partial charge in [-0.1, -0.05) is 107 Å². The van der Waals surface area contributed by atoms with Crippen LogP contribution in [0.15, 0.2) is 130 Å². The first-order valence-electron chi connectivity index (χ1n) is 16.6. The van der Waals surface area contributed by atoms with Crippen molar-refractivity contribution < 1.29 is 19.2 Å². The lowest BCUT2D eigenvalue weighted by molar-refractivity contribution is -0.119. The topological polar surface area (TPSA) is 146 Å². The van der Waals surface area contributed by atoms with Gasteiger partial charge < -0.3 is 10.6 Å². The van der Waals surface area contributed by atoms with E-state index < -0.39 is 22.3 Å². The Morgan fingerprint density at radius 2 is 0.944 bits per heavy atom. The van der Waals surface area contributed by atoms with Crippen molar-refractivity contribution in [2.45, 2.75) is 23.3 Å². The zero-order chi connectivity index (χ0) is 38.2. The van der Waals surface area contributed by atoms with Crippen LogP contribution in [0, 0.1) is 22.7 Å². The minimum atomic E-state index is -0.730. The Kier molecular flexibility index (Phi) is 12.4. The van der Waals surface area contributed by atoms with Crippen molar-refractivity contribution in [3.8, 4) is 12.1 Å². The van der Waals surface area contributed by atoms with Gasteiger partial charge in [0.2, 0.25) is 11.8 Å². The van der Waals surface area contributed by atoms with E-state index in [0.717, 1.165) is 34.7 Å². The van der Waals surface area contributed by atoms with Gasteiger partial charge in [-0.25, -0.2) is 0 Å². The van der Waals surface area contributed by atoms with Crippen molar-refractivity contribution in [2.24, 2.45) is 0 Å². The number of hydrogen-bond donors (Lipinski definition) is 2. The van der Waals surface area contributed by atoms with Crippen LogP contribution in [-0.2, 0) is 32.0 Å². The number of hydrogen-bond acceptors (Lipinski definition) is 8. The largest absolute Gasteiger partial charge is 0.350 e. The minimum Gasteiger partial charge on any atom is -0.350 e. The summed E-state index contributed by atoms with van der Waals surface area (Å²) in [6.07, 6.45) is 0.702. The molecular formula is C40H30Cl2N6O4S2. The maximum atomic E-state index is 13.7. The maximum absolute atomic E-state index is 13.7. The number of nitrogens with one attached hydrogen (secondary N) is 2. The molecule has 14 heteroatoms. The van der Waals surface area contributed by atoms with Crippen LogP contribution in [0.4, 0.5) is 11.4 Å². The van der Waals surface area contributed by atoms with Crippen LogP contribution < -0.4 is 20.4 Å². The van der Waals surface area contributed by atoms with E-state index in [0.29, 0.717) is 34.3 Å². The highest BCUT2D eigenvalue weighted by molar-refractivity contribution is 8.05. The Bertz CT molecular complexity index is 2060. The molecule has 2 aliphatic rings. The molecule has 2 saturated heterocycles. The van der Waals surface area contributed by atoms with Gasteiger partial charge >= 0.3 is 0 Å². The molecule has 2 atom stereocenters. The zero-order valence-corrected chi connectivity index (χ0v) is 31.5. The number of nitrogens with zero attached hydrogens (tertiary/aromatic N) is 4. The first kappa shape index (κ1) is 38.2. The van der Waals surface area contributed by atoms with Crippen LogP contribution in [0.25, 0.3) is 0 Å². The van der Waals surface area contributed by atoms with Gasteiger partial charge in [-0.3, -0.25) is 29.0 Å². The molecule has 54 heavy (non-hydrogen) atoms. The summed E-state index contributed by atoms with van der Waals surface area (Å²) in [5.41, 5.74) is 2.25. The van der Waals surface area contributed by atoms with Gasteiger partial charge in [0.25, 0.3) is 11.8 Å². The molecule has 2 N–H and O–H groups in total. The minimum absolute atomic E-state index is 0.0944. The fourth-order valence-corrected chi connectivity index (χ4v) is 8.66. The van der Waals surface area contributed by atoms with Gasteiger partial charge in [0.15, 0.2) is 0 Å². The number of para-hydroxylation sites is 2. The van der Waals surface area contributed by atoms with Crippen LogP contribution in [0.5, 0.6) is 0 Å². The number of carbonyl (C=O) groups excluding carboxylic acids is 4. The molecule has 2 heterocycles. The number of benzene rings is 4. The van der Waals surface area contributed by atoms with E-state index in [4.69, 9.17) is 23.2 Å². The van der Waals surface area contributed by atoms with Gasteiger partial charge in [0, 0.05) is 34.5 Å². The molecular weight excluding hydrogens is 764 g/mol. The smallest absolute Gasteiger partial charge is 0.264 e. The molecule has 0 saturated carbocycles. The predicted octanol–water partition coefficient (Wildman–Crippen LogP) is 6.78. The molecule has 2 fully saturated rings. The lowest BCUT2D eigenvalue weighted by Crippen LogP contribution is -2.37. The molecule has 2 unspecified atom stereocenters. The fraction of sp³-hybridized carbons (Fsp3) is 0.150. The van der Waals surface area contributed by atoms with Gasteiger partial charge in [-0.15, -0.1) is 0 Å². The van der Waals surface area contributed by atoms with Gasteiger partial charge in [-0.05, 0) is 72.5 Å². The molecule has 0 aromatic heterocycles. The highest BCUT2D eigenvalue weighted by atomic mass is 35.5. The summed E-state index contributed by atoms with van der Waals surface area (Å²) < 4.78 is 0. The number of nitriles is 2. The first-order valence-corrected chi connectivity index (χ1v) is 19.2. The Balaban J connectivity index is 1.16. The second-order valence-corrected chi connectivity index (χ2v) is 15.2. The first-order chi connectivity index (χ1) is 26.2. The Morgan fingerprint density at radius 3 is 1.28 bits per heavy atom. The average molecular weight is 794 g/mol. The van der Waals surface area contributed by atoms with E-state index in [1.54, 1.807) is 84.9 Å². The van der Waals surface area contributed by atoms with E-state index in [1.165, 1.54) is 9.80 Å². The van der Waals surface area contributed by atoms with E-state index in [1.807, 2.05) is 36.4 Å². The van der Waals surface area contributed by atoms with E-state index >= 15 is 0 Å². The third-order valence-corrected chi connectivity index (χ3v) is 11.4. The molecule has 0 radical (unpaired) electrons. The predicted molar refractivity (Wildman–Crippen MR) is 212 cm³/mol. The second-order valence-electron chi connectivity index (χ2n) is 12.0. The molecule has 0 spiro atoms. The van der Waals surface area contributed by atoms with Gasteiger partial charge in [0.05, 0.1) is 10.5 Å². The summed E-state index contributed by atoms with van der Waals surface area (Å²) in [4.78, 5) is 57.1. The van der Waals surface area contributed by atoms with Crippen LogP contribution >= 0.6 is 46.7 Å². The summed E-state index contributed by atoms with van der Waals surface area (Å²) in [6, 6.07) is 35.7. The van der Waals surface area contributed by atoms with Crippen LogP contribution in [0.3, 0.4) is 0 Å². The van der Waals surface area contributed by atoms with Crippen LogP contribution in [-0.4, -0.2) is 47.2 Å². The van der Waals surface area contributed by atoms with Crippen molar-refractivity contribution in [1.82, 2.24) is 10.6 Å². The molecule has 270 valence electrons. The zero-order valence-electron chi connectivity index (χ0n) is 28.4. The molecule has 10 nitrogen and oxygen atoms in total. The Hall–Kier alpha value is -5.50. The van der Waals surface area contributed by atoms with Crippen molar-refractivity contribution >= 4 is 81.7 Å². The summed E-state index contributed by atoms with van der Waals surface area (Å²) in [6.45, 7) is -0.189.